The lowest BCUT2D eigenvalue weighted by Crippen LogP contribution is -2.40. The zero-order chi connectivity index (χ0) is 12.8. The standard InChI is InChI=1S/C10H18N2O5/c1-16-7-5-12(6-8(7)17-2)10(15)11-4-3-9(13)14/h7-8H,3-6H2,1-2H3,(H,11,15)(H,13,14)/t7-,8+. The summed E-state index contributed by atoms with van der Waals surface area (Å²) in [5.74, 6) is -0.934. The molecule has 0 aromatic carbocycles. The van der Waals surface area contributed by atoms with Crippen molar-refractivity contribution in [2.75, 3.05) is 33.9 Å². The zero-order valence-electron chi connectivity index (χ0n) is 10.0. The minimum atomic E-state index is -0.934. The number of amides is 2. The van der Waals surface area contributed by atoms with Crippen LogP contribution in [-0.4, -0.2) is 68.1 Å². The Morgan fingerprint density at radius 2 is 1.82 bits per heavy atom. The molecule has 1 rings (SSSR count). The summed E-state index contributed by atoms with van der Waals surface area (Å²) in [6.07, 6.45) is -0.350. The van der Waals surface area contributed by atoms with Crippen LogP contribution in [0, 0.1) is 0 Å². The van der Waals surface area contributed by atoms with Gasteiger partial charge in [-0.25, -0.2) is 4.79 Å². The zero-order valence-corrected chi connectivity index (χ0v) is 10.0. The van der Waals surface area contributed by atoms with E-state index in [1.165, 1.54) is 0 Å². The fourth-order valence-electron chi connectivity index (χ4n) is 1.75. The fraction of sp³-hybridized carbons (Fsp3) is 0.800. The van der Waals surface area contributed by atoms with Crippen molar-refractivity contribution in [2.24, 2.45) is 0 Å². The number of carbonyl (C=O) groups excluding carboxylic acids is 1. The number of hydrogen-bond donors (Lipinski definition) is 2. The molecule has 1 aliphatic heterocycles. The van der Waals surface area contributed by atoms with Crippen LogP contribution in [0.5, 0.6) is 0 Å². The van der Waals surface area contributed by atoms with E-state index in [4.69, 9.17) is 14.6 Å². The van der Waals surface area contributed by atoms with Gasteiger partial charge in [0, 0.05) is 20.8 Å². The highest BCUT2D eigenvalue weighted by Gasteiger charge is 2.35. The maximum atomic E-state index is 11.7. The second kappa shape index (κ2) is 6.41. The number of carbonyl (C=O) groups is 2. The van der Waals surface area contributed by atoms with E-state index in [9.17, 15) is 9.59 Å². The summed E-state index contributed by atoms with van der Waals surface area (Å²) >= 11 is 0. The summed E-state index contributed by atoms with van der Waals surface area (Å²) in [5.41, 5.74) is 0. The molecule has 0 saturated carbocycles. The predicted molar refractivity (Wildman–Crippen MR) is 58.8 cm³/mol. The highest BCUT2D eigenvalue weighted by atomic mass is 16.5. The van der Waals surface area contributed by atoms with Gasteiger partial charge in [-0.1, -0.05) is 0 Å². The maximum Gasteiger partial charge on any atom is 0.317 e. The molecular weight excluding hydrogens is 228 g/mol. The van der Waals surface area contributed by atoms with Crippen molar-refractivity contribution in [1.29, 1.82) is 0 Å². The first kappa shape index (κ1) is 13.7. The van der Waals surface area contributed by atoms with Gasteiger partial charge in [-0.15, -0.1) is 0 Å². The van der Waals surface area contributed by atoms with Crippen LogP contribution in [0.4, 0.5) is 4.79 Å². The molecule has 2 atom stereocenters. The molecule has 7 heteroatoms. The largest absolute Gasteiger partial charge is 0.481 e. The van der Waals surface area contributed by atoms with Gasteiger partial charge in [-0.2, -0.15) is 0 Å². The molecule has 17 heavy (non-hydrogen) atoms. The highest BCUT2D eigenvalue weighted by Crippen LogP contribution is 2.15. The van der Waals surface area contributed by atoms with Crippen LogP contribution in [0.1, 0.15) is 6.42 Å². The van der Waals surface area contributed by atoms with Crippen LogP contribution in [0.2, 0.25) is 0 Å². The van der Waals surface area contributed by atoms with Crippen molar-refractivity contribution in [3.63, 3.8) is 0 Å². The van der Waals surface area contributed by atoms with Crippen molar-refractivity contribution >= 4 is 12.0 Å². The van der Waals surface area contributed by atoms with Gasteiger partial charge in [-0.3, -0.25) is 4.79 Å². The lowest BCUT2D eigenvalue weighted by molar-refractivity contribution is -0.136. The lowest BCUT2D eigenvalue weighted by Gasteiger charge is -2.16. The van der Waals surface area contributed by atoms with Gasteiger partial charge in [0.2, 0.25) is 0 Å². The molecule has 1 heterocycles. The molecule has 98 valence electrons. The number of carboxylic acid groups (broad SMARTS) is 1. The van der Waals surface area contributed by atoms with Crippen molar-refractivity contribution < 1.29 is 24.2 Å². The van der Waals surface area contributed by atoms with E-state index in [1.54, 1.807) is 19.1 Å². The first-order valence-corrected chi connectivity index (χ1v) is 5.38. The third-order valence-corrected chi connectivity index (χ3v) is 2.72. The van der Waals surface area contributed by atoms with Gasteiger partial charge >= 0.3 is 12.0 Å². The third kappa shape index (κ3) is 3.86. The number of methoxy groups -OCH3 is 2. The first-order valence-electron chi connectivity index (χ1n) is 5.38. The third-order valence-electron chi connectivity index (χ3n) is 2.72. The van der Waals surface area contributed by atoms with Crippen LogP contribution in [-0.2, 0) is 14.3 Å². The Hall–Kier alpha value is -1.34. The van der Waals surface area contributed by atoms with Gasteiger partial charge in [0.1, 0.15) is 12.2 Å². The molecule has 1 fully saturated rings. The van der Waals surface area contributed by atoms with Gasteiger partial charge < -0.3 is 24.8 Å². The number of nitrogens with one attached hydrogen (secondary N) is 1. The molecule has 0 aromatic heterocycles. The second-order valence-electron chi connectivity index (χ2n) is 3.83. The molecule has 0 bridgehead atoms. The summed E-state index contributed by atoms with van der Waals surface area (Å²) in [6.45, 7) is 1.03. The van der Waals surface area contributed by atoms with Crippen LogP contribution < -0.4 is 5.32 Å². The molecule has 0 unspecified atom stereocenters. The molecule has 0 radical (unpaired) electrons. The Labute approximate surface area is 99.7 Å². The molecule has 1 aliphatic rings. The van der Waals surface area contributed by atoms with Crippen LogP contribution in [0.25, 0.3) is 0 Å². The van der Waals surface area contributed by atoms with Gasteiger partial charge in [-0.05, 0) is 0 Å². The van der Waals surface area contributed by atoms with Crippen LogP contribution in [0.3, 0.4) is 0 Å². The normalized spacial score (nSPS) is 23.8. The molecule has 0 spiro atoms. The smallest absolute Gasteiger partial charge is 0.317 e. The number of urea groups is 1. The second-order valence-corrected chi connectivity index (χ2v) is 3.83. The average Bonchev–Trinajstić information content (AvgIpc) is 2.71. The minimum Gasteiger partial charge on any atom is -0.481 e. The summed E-state index contributed by atoms with van der Waals surface area (Å²) in [6, 6.07) is -0.284. The van der Waals surface area contributed by atoms with E-state index < -0.39 is 5.97 Å². The van der Waals surface area contributed by atoms with Crippen molar-refractivity contribution in [1.82, 2.24) is 10.2 Å². The summed E-state index contributed by atoms with van der Waals surface area (Å²) in [4.78, 5) is 23.5. The van der Waals surface area contributed by atoms with Crippen molar-refractivity contribution in [2.45, 2.75) is 18.6 Å². The highest BCUT2D eigenvalue weighted by molar-refractivity contribution is 5.75. The Morgan fingerprint density at radius 3 is 2.24 bits per heavy atom. The van der Waals surface area contributed by atoms with E-state index in [1.807, 2.05) is 0 Å². The van der Waals surface area contributed by atoms with E-state index in [0.717, 1.165) is 0 Å². The predicted octanol–water partition coefficient (Wildman–Crippen LogP) is -0.484. The molecule has 0 aromatic rings. The lowest BCUT2D eigenvalue weighted by atomic mass is 10.3. The summed E-state index contributed by atoms with van der Waals surface area (Å²) < 4.78 is 10.4. The monoisotopic (exact) mass is 246 g/mol. The Kier molecular flexibility index (Phi) is 5.17. The van der Waals surface area contributed by atoms with E-state index in [2.05, 4.69) is 5.32 Å². The quantitative estimate of drug-likeness (QED) is 0.684. The van der Waals surface area contributed by atoms with E-state index >= 15 is 0 Å². The maximum absolute atomic E-state index is 11.7. The number of ether oxygens (including phenoxy) is 2. The number of nitrogens with zero attached hydrogens (tertiary/aromatic N) is 1. The molecule has 2 N–H and O–H groups in total. The average molecular weight is 246 g/mol. The topological polar surface area (TPSA) is 88.1 Å². The summed E-state index contributed by atoms with van der Waals surface area (Å²) in [5, 5.41) is 11.0. The molecule has 0 aliphatic carbocycles. The molecule has 7 nitrogen and oxygen atoms in total. The van der Waals surface area contributed by atoms with E-state index in [0.29, 0.717) is 13.1 Å². The Bertz CT molecular complexity index is 272. The van der Waals surface area contributed by atoms with Crippen molar-refractivity contribution in [3.8, 4) is 0 Å². The number of likely N-dealkylation sites (tertiary alicyclic amines) is 1. The Balaban J connectivity index is 2.36. The number of carboxylic acids is 1. The van der Waals surface area contributed by atoms with Gasteiger partial charge in [0.15, 0.2) is 0 Å². The fourth-order valence-corrected chi connectivity index (χ4v) is 1.75. The molecule has 1 saturated heterocycles. The first-order chi connectivity index (χ1) is 8.08. The van der Waals surface area contributed by atoms with Gasteiger partial charge in [0.25, 0.3) is 0 Å². The summed E-state index contributed by atoms with van der Waals surface area (Å²) in [7, 11) is 3.14. The SMILES string of the molecule is CO[C@H]1CN(C(=O)NCCC(=O)O)C[C@H]1OC. The van der Waals surface area contributed by atoms with Gasteiger partial charge in [0.05, 0.1) is 19.5 Å². The van der Waals surface area contributed by atoms with Crippen LogP contribution in [0.15, 0.2) is 0 Å². The Morgan fingerprint density at radius 1 is 1.29 bits per heavy atom. The molecular formula is C10H18N2O5. The van der Waals surface area contributed by atoms with Crippen molar-refractivity contribution in [3.05, 3.63) is 0 Å². The van der Waals surface area contributed by atoms with E-state index in [-0.39, 0.29) is 31.2 Å². The number of aliphatic carboxylic acids is 1. The molecule has 2 amide bonds. The minimum absolute atomic E-state index is 0.0823. The van der Waals surface area contributed by atoms with Crippen LogP contribution >= 0.6 is 0 Å². The number of rotatable bonds is 5. The number of hydrogen-bond acceptors (Lipinski definition) is 4.